The highest BCUT2D eigenvalue weighted by Crippen LogP contribution is 2.07. The van der Waals surface area contributed by atoms with Gasteiger partial charge >= 0.3 is 0 Å². The number of nitrogens with one attached hydrogen (secondary N) is 2. The van der Waals surface area contributed by atoms with Crippen LogP contribution in [0, 0.1) is 6.92 Å². The first-order chi connectivity index (χ1) is 11.1. The number of hydrogen-bond acceptors (Lipinski definition) is 3. The van der Waals surface area contributed by atoms with E-state index in [9.17, 15) is 4.79 Å². The minimum Gasteiger partial charge on any atom is -0.459 e. The van der Waals surface area contributed by atoms with Crippen molar-refractivity contribution < 1.29 is 9.21 Å². The zero-order valence-electron chi connectivity index (χ0n) is 14.8. The summed E-state index contributed by atoms with van der Waals surface area (Å²) in [6.07, 6.45) is 6.31. The molecule has 0 fully saturated rings. The van der Waals surface area contributed by atoms with Gasteiger partial charge in [-0.05, 0) is 32.3 Å². The van der Waals surface area contributed by atoms with Crippen molar-refractivity contribution in [3.63, 3.8) is 0 Å². The van der Waals surface area contributed by atoms with Crippen LogP contribution in [0.15, 0.2) is 34.4 Å². The number of aryl methyl sites for hydroxylation is 1. The Morgan fingerprint density at radius 2 is 2.08 bits per heavy atom. The second-order valence-electron chi connectivity index (χ2n) is 5.37. The van der Waals surface area contributed by atoms with Gasteiger partial charge < -0.3 is 20.0 Å². The number of carbonyl (C=O) groups is 1. The van der Waals surface area contributed by atoms with Crippen LogP contribution >= 0.6 is 24.0 Å². The maximum absolute atomic E-state index is 11.9. The summed E-state index contributed by atoms with van der Waals surface area (Å²) in [4.78, 5) is 18.2. The Morgan fingerprint density at radius 1 is 1.38 bits per heavy atom. The molecule has 1 aromatic heterocycles. The molecule has 0 bridgehead atoms. The molecule has 1 heterocycles. The van der Waals surface area contributed by atoms with Crippen LogP contribution in [-0.4, -0.2) is 50.5 Å². The smallest absolute Gasteiger partial charge is 0.287 e. The molecule has 0 aromatic carbocycles. The molecule has 2 N–H and O–H groups in total. The van der Waals surface area contributed by atoms with Crippen molar-refractivity contribution >= 4 is 35.8 Å². The van der Waals surface area contributed by atoms with Gasteiger partial charge in [-0.15, -0.1) is 30.6 Å². The number of aliphatic imine (C=N–C) groups is 1. The van der Waals surface area contributed by atoms with Crippen LogP contribution in [0.4, 0.5) is 0 Å². The van der Waals surface area contributed by atoms with Crippen LogP contribution in [0.3, 0.4) is 0 Å². The van der Waals surface area contributed by atoms with Gasteiger partial charge in [0.25, 0.3) is 5.91 Å². The van der Waals surface area contributed by atoms with Crippen molar-refractivity contribution in [2.45, 2.75) is 26.2 Å². The summed E-state index contributed by atoms with van der Waals surface area (Å²) in [5.74, 6) is 1.08. The van der Waals surface area contributed by atoms with Gasteiger partial charge in [-0.3, -0.25) is 9.79 Å². The van der Waals surface area contributed by atoms with Crippen molar-refractivity contribution in [3.05, 3.63) is 36.3 Å². The summed E-state index contributed by atoms with van der Waals surface area (Å²) >= 11 is 0. The summed E-state index contributed by atoms with van der Waals surface area (Å²) < 4.78 is 5.16. The maximum atomic E-state index is 11.9. The molecular weight excluding hydrogens is 419 g/mol. The quantitative estimate of drug-likeness (QED) is 0.201. The number of furan rings is 1. The first-order valence-electron chi connectivity index (χ1n) is 7.95. The van der Waals surface area contributed by atoms with E-state index in [1.807, 2.05) is 20.0 Å². The van der Waals surface area contributed by atoms with Gasteiger partial charge in [0, 0.05) is 39.3 Å². The lowest BCUT2D eigenvalue weighted by Crippen LogP contribution is -2.40. The number of carbonyl (C=O) groups excluding carboxylic acids is 1. The SMILES string of the molecule is C=CCCCN(C)C(=NC)NCCCNC(=O)c1occc1C.I. The highest BCUT2D eigenvalue weighted by Gasteiger charge is 2.11. The van der Waals surface area contributed by atoms with E-state index in [-0.39, 0.29) is 29.9 Å². The summed E-state index contributed by atoms with van der Waals surface area (Å²) in [5.41, 5.74) is 0.849. The molecule has 0 aliphatic rings. The second-order valence-corrected chi connectivity index (χ2v) is 5.37. The minimum absolute atomic E-state index is 0. The van der Waals surface area contributed by atoms with Crippen LogP contribution < -0.4 is 10.6 Å². The average Bonchev–Trinajstić information content (AvgIpc) is 2.97. The molecular formula is C17H29IN4O2. The topological polar surface area (TPSA) is 69.9 Å². The van der Waals surface area contributed by atoms with Crippen LogP contribution in [0.1, 0.15) is 35.4 Å². The Labute approximate surface area is 161 Å². The predicted molar refractivity (Wildman–Crippen MR) is 109 cm³/mol. The summed E-state index contributed by atoms with van der Waals surface area (Å²) in [6.45, 7) is 7.84. The van der Waals surface area contributed by atoms with E-state index < -0.39 is 0 Å². The Morgan fingerprint density at radius 3 is 2.67 bits per heavy atom. The minimum atomic E-state index is -0.168. The van der Waals surface area contributed by atoms with Gasteiger partial charge in [-0.2, -0.15) is 0 Å². The molecule has 0 aliphatic carbocycles. The molecule has 7 heteroatoms. The van der Waals surface area contributed by atoms with Crippen molar-refractivity contribution in [2.24, 2.45) is 4.99 Å². The largest absolute Gasteiger partial charge is 0.459 e. The molecule has 0 saturated carbocycles. The Bertz CT molecular complexity index is 528. The van der Waals surface area contributed by atoms with Gasteiger partial charge in [0.2, 0.25) is 0 Å². The molecule has 0 aliphatic heterocycles. The maximum Gasteiger partial charge on any atom is 0.287 e. The average molecular weight is 448 g/mol. The van der Waals surface area contributed by atoms with E-state index in [4.69, 9.17) is 4.42 Å². The van der Waals surface area contributed by atoms with Crippen LogP contribution in [-0.2, 0) is 0 Å². The second kappa shape index (κ2) is 12.9. The molecule has 0 radical (unpaired) electrons. The van der Waals surface area contributed by atoms with Gasteiger partial charge in [0.15, 0.2) is 11.7 Å². The van der Waals surface area contributed by atoms with Crippen molar-refractivity contribution in [3.8, 4) is 0 Å². The summed E-state index contributed by atoms with van der Waals surface area (Å²) in [6, 6.07) is 1.78. The van der Waals surface area contributed by atoms with Crippen LogP contribution in [0.2, 0.25) is 0 Å². The van der Waals surface area contributed by atoms with E-state index in [1.165, 1.54) is 6.26 Å². The normalized spacial score (nSPS) is 10.7. The first kappa shape index (κ1) is 22.5. The lowest BCUT2D eigenvalue weighted by Gasteiger charge is -2.21. The van der Waals surface area contributed by atoms with Crippen LogP contribution in [0.5, 0.6) is 0 Å². The molecule has 136 valence electrons. The Kier molecular flexibility index (Phi) is 12.0. The van der Waals surface area contributed by atoms with E-state index in [1.54, 1.807) is 13.1 Å². The molecule has 0 atom stereocenters. The first-order valence-corrected chi connectivity index (χ1v) is 7.95. The number of guanidine groups is 1. The third-order valence-electron chi connectivity index (χ3n) is 3.47. The molecule has 6 nitrogen and oxygen atoms in total. The molecule has 0 unspecified atom stereocenters. The third kappa shape index (κ3) is 7.85. The van der Waals surface area contributed by atoms with Crippen LogP contribution in [0.25, 0.3) is 0 Å². The van der Waals surface area contributed by atoms with Crippen molar-refractivity contribution in [2.75, 3.05) is 33.7 Å². The lowest BCUT2D eigenvalue weighted by atomic mass is 10.2. The zero-order chi connectivity index (χ0) is 17.1. The monoisotopic (exact) mass is 448 g/mol. The summed E-state index contributed by atoms with van der Waals surface area (Å²) in [5, 5.41) is 6.14. The fraction of sp³-hybridized carbons (Fsp3) is 0.529. The van der Waals surface area contributed by atoms with E-state index in [2.05, 4.69) is 27.1 Å². The molecule has 1 rings (SSSR count). The number of amides is 1. The molecule has 1 aromatic rings. The third-order valence-corrected chi connectivity index (χ3v) is 3.47. The standard InChI is InChI=1S/C17H28N4O2.HI/c1-5-6-7-12-21(4)17(18-3)20-11-8-10-19-16(22)15-14(2)9-13-23-15;/h5,9,13H,1,6-8,10-12H2,2-4H3,(H,18,20)(H,19,22);1H. The molecule has 0 saturated heterocycles. The van der Waals surface area contributed by atoms with E-state index in [0.29, 0.717) is 12.3 Å². The Hall–Kier alpha value is -1.51. The Balaban J connectivity index is 0.00000529. The van der Waals surface area contributed by atoms with Gasteiger partial charge in [-0.25, -0.2) is 0 Å². The van der Waals surface area contributed by atoms with Gasteiger partial charge in [0.1, 0.15) is 0 Å². The number of hydrogen-bond donors (Lipinski definition) is 2. The fourth-order valence-corrected chi connectivity index (χ4v) is 2.14. The molecule has 1 amide bonds. The molecule has 0 spiro atoms. The van der Waals surface area contributed by atoms with Gasteiger partial charge in [-0.1, -0.05) is 6.08 Å². The van der Waals surface area contributed by atoms with E-state index in [0.717, 1.165) is 43.9 Å². The molecule has 24 heavy (non-hydrogen) atoms. The number of rotatable bonds is 9. The highest BCUT2D eigenvalue weighted by molar-refractivity contribution is 14.0. The lowest BCUT2D eigenvalue weighted by molar-refractivity contribution is 0.0925. The fourth-order valence-electron chi connectivity index (χ4n) is 2.14. The highest BCUT2D eigenvalue weighted by atomic mass is 127. The van der Waals surface area contributed by atoms with Crippen molar-refractivity contribution in [1.82, 2.24) is 15.5 Å². The number of unbranched alkanes of at least 4 members (excludes halogenated alkanes) is 1. The summed E-state index contributed by atoms with van der Waals surface area (Å²) in [7, 11) is 3.79. The van der Waals surface area contributed by atoms with Gasteiger partial charge in [0.05, 0.1) is 6.26 Å². The zero-order valence-corrected chi connectivity index (χ0v) is 17.1. The van der Waals surface area contributed by atoms with Crippen molar-refractivity contribution in [1.29, 1.82) is 0 Å². The van der Waals surface area contributed by atoms with E-state index >= 15 is 0 Å². The number of halogens is 1. The predicted octanol–water partition coefficient (Wildman–Crippen LogP) is 2.80. The number of nitrogens with zero attached hydrogens (tertiary/aromatic N) is 2. The number of allylic oxidation sites excluding steroid dienone is 1.